The molecule has 1 aromatic heterocycles. The molecule has 31 heavy (non-hydrogen) atoms. The lowest BCUT2D eigenvalue weighted by atomic mass is 10.2. The van der Waals surface area contributed by atoms with Crippen LogP contribution in [0.2, 0.25) is 5.02 Å². The number of sulfonamides is 1. The van der Waals surface area contributed by atoms with Gasteiger partial charge in [-0.1, -0.05) is 11.6 Å². The number of benzene rings is 2. The van der Waals surface area contributed by atoms with Crippen molar-refractivity contribution in [2.45, 2.75) is 11.8 Å². The summed E-state index contributed by atoms with van der Waals surface area (Å²) in [6.07, 6.45) is 0. The fourth-order valence-corrected chi connectivity index (χ4v) is 3.76. The minimum absolute atomic E-state index is 0.0182. The number of esters is 1. The molecule has 162 valence electrons. The van der Waals surface area contributed by atoms with Gasteiger partial charge in [-0.3, -0.25) is 14.8 Å². The van der Waals surface area contributed by atoms with Crippen LogP contribution in [0.3, 0.4) is 0 Å². The zero-order valence-electron chi connectivity index (χ0n) is 16.0. The minimum atomic E-state index is -4.14. The van der Waals surface area contributed by atoms with Crippen molar-refractivity contribution in [1.29, 1.82) is 0 Å². The predicted octanol–water partition coefficient (Wildman–Crippen LogP) is 2.99. The molecular weight excluding hydrogens is 450 g/mol. The number of anilines is 2. The van der Waals surface area contributed by atoms with Gasteiger partial charge in [0.25, 0.3) is 15.7 Å². The van der Waals surface area contributed by atoms with Gasteiger partial charge in [0.1, 0.15) is 11.4 Å². The molecule has 0 radical (unpaired) electrons. The molecule has 0 spiro atoms. The van der Waals surface area contributed by atoms with Crippen LogP contribution in [0.4, 0.5) is 17.3 Å². The number of nitrogen functional groups attached to an aromatic ring is 1. The van der Waals surface area contributed by atoms with E-state index in [1.807, 2.05) is 0 Å². The van der Waals surface area contributed by atoms with Crippen molar-refractivity contribution < 1.29 is 22.9 Å². The Morgan fingerprint density at radius 3 is 2.39 bits per heavy atom. The minimum Gasteiger partial charge on any atom is -0.462 e. The first-order chi connectivity index (χ1) is 14.6. The molecule has 0 aliphatic carbocycles. The van der Waals surface area contributed by atoms with Crippen molar-refractivity contribution in [2.24, 2.45) is 0 Å². The quantitative estimate of drug-likeness (QED) is 0.306. The fraction of sp³-hybridized carbons (Fsp3) is 0.111. The third-order valence-corrected chi connectivity index (χ3v) is 5.67. The second kappa shape index (κ2) is 8.62. The summed E-state index contributed by atoms with van der Waals surface area (Å²) >= 11 is 5.80. The molecule has 0 aliphatic heterocycles. The molecule has 3 aromatic rings. The van der Waals surface area contributed by atoms with Crippen LogP contribution in [0.25, 0.3) is 5.69 Å². The molecule has 13 heteroatoms. The van der Waals surface area contributed by atoms with Crippen LogP contribution in [0.5, 0.6) is 0 Å². The second-order valence-corrected chi connectivity index (χ2v) is 8.19. The summed E-state index contributed by atoms with van der Waals surface area (Å²) in [5.74, 6) is -1.45. The largest absolute Gasteiger partial charge is 0.462 e. The summed E-state index contributed by atoms with van der Waals surface area (Å²) in [4.78, 5) is 22.6. The van der Waals surface area contributed by atoms with E-state index in [-0.39, 0.29) is 40.1 Å². The number of nitrogens with zero attached hydrogens (tertiary/aromatic N) is 3. The van der Waals surface area contributed by atoms with Gasteiger partial charge in [0, 0.05) is 17.2 Å². The molecule has 11 nitrogen and oxygen atoms in total. The number of nitrogens with one attached hydrogen (secondary N) is 1. The molecule has 0 bridgehead atoms. The standard InChI is InChI=1S/C18H16ClN5O6S/c1-2-30-18(25)15-16(20)23(12-5-7-13(8-6-12)24(26)27)21-17(15)22-31(28,29)14-9-3-11(19)4-10-14/h3-10H,2,20H2,1H3,(H,21,22). The highest BCUT2D eigenvalue weighted by atomic mass is 35.5. The van der Waals surface area contributed by atoms with Gasteiger partial charge in [0.2, 0.25) is 0 Å². The zero-order chi connectivity index (χ0) is 22.8. The fourth-order valence-electron chi connectivity index (χ4n) is 2.62. The van der Waals surface area contributed by atoms with Crippen LogP contribution in [0.1, 0.15) is 17.3 Å². The van der Waals surface area contributed by atoms with Crippen molar-refractivity contribution in [3.63, 3.8) is 0 Å². The first-order valence-electron chi connectivity index (χ1n) is 8.73. The first-order valence-corrected chi connectivity index (χ1v) is 10.6. The third-order valence-electron chi connectivity index (χ3n) is 4.06. The Bertz CT molecular complexity index is 1240. The van der Waals surface area contributed by atoms with E-state index in [9.17, 15) is 23.3 Å². The summed E-state index contributed by atoms with van der Waals surface area (Å²) in [6.45, 7) is 1.59. The maximum atomic E-state index is 12.8. The van der Waals surface area contributed by atoms with Crippen LogP contribution < -0.4 is 10.5 Å². The first kappa shape index (κ1) is 22.1. The SMILES string of the molecule is CCOC(=O)c1c(NS(=O)(=O)c2ccc(Cl)cc2)nn(-c2ccc([N+](=O)[O-])cc2)c1N. The van der Waals surface area contributed by atoms with Crippen molar-refractivity contribution in [3.05, 3.63) is 69.2 Å². The molecule has 1 heterocycles. The Morgan fingerprint density at radius 1 is 1.23 bits per heavy atom. The number of nitro groups is 1. The predicted molar refractivity (Wildman–Crippen MR) is 113 cm³/mol. The maximum absolute atomic E-state index is 12.8. The van der Waals surface area contributed by atoms with Gasteiger partial charge in [-0.15, -0.1) is 5.10 Å². The average Bonchev–Trinajstić information content (AvgIpc) is 3.03. The highest BCUT2D eigenvalue weighted by molar-refractivity contribution is 7.92. The topological polar surface area (TPSA) is 159 Å². The van der Waals surface area contributed by atoms with E-state index in [0.29, 0.717) is 5.02 Å². The third kappa shape index (κ3) is 4.59. The molecule has 3 N–H and O–H groups in total. The molecule has 0 atom stereocenters. The highest BCUT2D eigenvalue weighted by Gasteiger charge is 2.28. The van der Waals surface area contributed by atoms with E-state index in [4.69, 9.17) is 22.1 Å². The van der Waals surface area contributed by atoms with Crippen molar-refractivity contribution in [1.82, 2.24) is 9.78 Å². The molecular formula is C18H16ClN5O6S. The van der Waals surface area contributed by atoms with Gasteiger partial charge in [-0.25, -0.2) is 17.9 Å². The summed E-state index contributed by atoms with van der Waals surface area (Å²) < 4.78 is 33.8. The number of halogens is 1. The van der Waals surface area contributed by atoms with Crippen molar-refractivity contribution in [2.75, 3.05) is 17.1 Å². The molecule has 0 fully saturated rings. The van der Waals surface area contributed by atoms with E-state index < -0.39 is 20.9 Å². The van der Waals surface area contributed by atoms with Crippen LogP contribution in [0.15, 0.2) is 53.4 Å². The van der Waals surface area contributed by atoms with Gasteiger partial charge in [-0.2, -0.15) is 0 Å². The smallest absolute Gasteiger partial charge is 0.345 e. The van der Waals surface area contributed by atoms with Crippen LogP contribution >= 0.6 is 11.6 Å². The lowest BCUT2D eigenvalue weighted by Gasteiger charge is -2.07. The number of carbonyl (C=O) groups excluding carboxylic acids is 1. The van der Waals surface area contributed by atoms with E-state index in [1.54, 1.807) is 6.92 Å². The van der Waals surface area contributed by atoms with Crippen LogP contribution in [0, 0.1) is 10.1 Å². The maximum Gasteiger partial charge on any atom is 0.345 e. The number of nitro benzene ring substituents is 1. The number of hydrogen-bond donors (Lipinski definition) is 2. The van der Waals surface area contributed by atoms with E-state index in [1.165, 1.54) is 48.5 Å². The summed E-state index contributed by atoms with van der Waals surface area (Å²) in [5, 5.41) is 15.3. The van der Waals surface area contributed by atoms with Crippen LogP contribution in [-0.2, 0) is 14.8 Å². The van der Waals surface area contributed by atoms with Crippen molar-refractivity contribution >= 4 is 44.9 Å². The number of aromatic nitrogens is 2. The Balaban J connectivity index is 2.08. The number of ether oxygens (including phenoxy) is 1. The lowest BCUT2D eigenvalue weighted by molar-refractivity contribution is -0.384. The Hall–Kier alpha value is -3.64. The molecule has 0 saturated carbocycles. The van der Waals surface area contributed by atoms with Crippen LogP contribution in [-0.4, -0.2) is 35.7 Å². The number of hydrogen-bond acceptors (Lipinski definition) is 8. The van der Waals surface area contributed by atoms with Crippen molar-refractivity contribution in [3.8, 4) is 5.69 Å². The summed E-state index contributed by atoms with van der Waals surface area (Å²) in [5.41, 5.74) is 5.87. The average molecular weight is 466 g/mol. The molecule has 2 aromatic carbocycles. The Kier molecular flexibility index (Phi) is 6.13. The number of non-ortho nitro benzene ring substituents is 1. The van der Waals surface area contributed by atoms with Gasteiger partial charge >= 0.3 is 5.97 Å². The Labute approximate surface area is 181 Å². The van der Waals surface area contributed by atoms with Gasteiger partial charge in [0.05, 0.1) is 22.1 Å². The highest BCUT2D eigenvalue weighted by Crippen LogP contribution is 2.29. The van der Waals surface area contributed by atoms with E-state index >= 15 is 0 Å². The zero-order valence-corrected chi connectivity index (χ0v) is 17.6. The normalized spacial score (nSPS) is 11.2. The Morgan fingerprint density at radius 2 is 1.84 bits per heavy atom. The summed E-state index contributed by atoms with van der Waals surface area (Å²) in [7, 11) is -4.14. The summed E-state index contributed by atoms with van der Waals surface area (Å²) in [6, 6.07) is 10.5. The number of rotatable bonds is 7. The molecule has 0 amide bonds. The van der Waals surface area contributed by atoms with E-state index in [2.05, 4.69) is 9.82 Å². The van der Waals surface area contributed by atoms with E-state index in [0.717, 1.165) is 4.68 Å². The molecule has 0 unspecified atom stereocenters. The lowest BCUT2D eigenvalue weighted by Crippen LogP contribution is -2.16. The van der Waals surface area contributed by atoms with Gasteiger partial charge < -0.3 is 10.5 Å². The van der Waals surface area contributed by atoms with Gasteiger partial charge in [0.15, 0.2) is 5.82 Å². The number of nitrogens with two attached hydrogens (primary N) is 1. The molecule has 0 saturated heterocycles. The van der Waals surface area contributed by atoms with Gasteiger partial charge in [-0.05, 0) is 43.3 Å². The molecule has 3 rings (SSSR count). The second-order valence-electron chi connectivity index (χ2n) is 6.07. The molecule has 0 aliphatic rings. The monoisotopic (exact) mass is 465 g/mol. The number of carbonyl (C=O) groups is 1.